The Labute approximate surface area is 210 Å². The van der Waals surface area contributed by atoms with Crippen molar-refractivity contribution in [1.82, 2.24) is 14.8 Å². The lowest BCUT2D eigenvalue weighted by atomic mass is 10.2. The number of nitrogens with zero attached hydrogens (tertiary/aromatic N) is 4. The minimum atomic E-state index is -5.05. The highest BCUT2D eigenvalue weighted by Gasteiger charge is 2.42. The molecule has 0 spiro atoms. The van der Waals surface area contributed by atoms with Crippen molar-refractivity contribution in [3.05, 3.63) is 34.7 Å². The van der Waals surface area contributed by atoms with Gasteiger partial charge in [-0.25, -0.2) is 24.0 Å². The Balaban J connectivity index is 2.73. The van der Waals surface area contributed by atoms with Crippen LogP contribution in [-0.2, 0) is 20.4 Å². The summed E-state index contributed by atoms with van der Waals surface area (Å²) in [4.78, 5) is 42.2. The average molecular weight is 535 g/mol. The van der Waals surface area contributed by atoms with Gasteiger partial charge in [-0.1, -0.05) is 11.6 Å². The molecule has 0 N–H and O–H groups in total. The van der Waals surface area contributed by atoms with Crippen molar-refractivity contribution in [3.63, 3.8) is 0 Å². The Hall–Kier alpha value is -3.35. The molecule has 0 fully saturated rings. The SMILES string of the molecule is CCOC(=O)c1cnn(-c2ccnc(N(C(=O)OC(C)(C)C)C(=O)OC(C)(C)C)c2Cl)c1C(F)(F)F. The number of ether oxygens (including phenoxy) is 3. The normalized spacial score (nSPS) is 12.2. The van der Waals surface area contributed by atoms with Crippen LogP contribution < -0.4 is 4.90 Å². The van der Waals surface area contributed by atoms with Crippen LogP contribution in [0.1, 0.15) is 64.5 Å². The number of carbonyl (C=O) groups excluding carboxylic acids is 3. The molecule has 0 radical (unpaired) electrons. The maximum atomic E-state index is 14.0. The van der Waals surface area contributed by atoms with Crippen LogP contribution in [0.3, 0.4) is 0 Å². The van der Waals surface area contributed by atoms with Crippen LogP contribution in [0.15, 0.2) is 18.5 Å². The largest absolute Gasteiger partial charge is 0.462 e. The highest BCUT2D eigenvalue weighted by Crippen LogP contribution is 2.38. The van der Waals surface area contributed by atoms with Crippen molar-refractivity contribution in [2.24, 2.45) is 0 Å². The second-order valence-electron chi connectivity index (χ2n) is 9.30. The minimum Gasteiger partial charge on any atom is -0.462 e. The molecule has 2 rings (SSSR count). The van der Waals surface area contributed by atoms with Gasteiger partial charge in [0.25, 0.3) is 0 Å². The minimum absolute atomic E-state index is 0.164. The topological polar surface area (TPSA) is 113 Å². The van der Waals surface area contributed by atoms with Gasteiger partial charge in [-0.05, 0) is 54.5 Å². The highest BCUT2D eigenvalue weighted by molar-refractivity contribution is 6.36. The fraction of sp³-hybridized carbons (Fsp3) is 0.500. The van der Waals surface area contributed by atoms with E-state index in [1.807, 2.05) is 0 Å². The van der Waals surface area contributed by atoms with E-state index in [9.17, 15) is 27.6 Å². The molecule has 198 valence electrons. The zero-order valence-electron chi connectivity index (χ0n) is 20.7. The lowest BCUT2D eigenvalue weighted by molar-refractivity contribution is -0.143. The van der Waals surface area contributed by atoms with Crippen molar-refractivity contribution in [3.8, 4) is 5.69 Å². The first-order valence-electron chi connectivity index (χ1n) is 10.6. The molecule has 14 heteroatoms. The third-order valence-corrected chi connectivity index (χ3v) is 4.34. The molecule has 2 heterocycles. The first-order valence-corrected chi connectivity index (χ1v) is 11.0. The summed E-state index contributed by atoms with van der Waals surface area (Å²) in [5.41, 5.74) is -4.86. The van der Waals surface area contributed by atoms with Gasteiger partial charge in [0, 0.05) is 6.20 Å². The first kappa shape index (κ1) is 28.9. The smallest absolute Gasteiger partial charge is 0.434 e. The van der Waals surface area contributed by atoms with E-state index in [2.05, 4.69) is 10.1 Å². The summed E-state index contributed by atoms with van der Waals surface area (Å²) in [6.45, 7) is 10.5. The van der Waals surface area contributed by atoms with Gasteiger partial charge in [0.1, 0.15) is 21.8 Å². The predicted molar refractivity (Wildman–Crippen MR) is 122 cm³/mol. The third-order valence-electron chi connectivity index (χ3n) is 3.98. The van der Waals surface area contributed by atoms with Crippen LogP contribution >= 0.6 is 11.6 Å². The van der Waals surface area contributed by atoms with Crippen LogP contribution in [0.25, 0.3) is 5.69 Å². The van der Waals surface area contributed by atoms with Crippen LogP contribution in [0.5, 0.6) is 0 Å². The number of alkyl halides is 3. The average Bonchev–Trinajstić information content (AvgIpc) is 3.12. The maximum absolute atomic E-state index is 14.0. The molecule has 2 amide bonds. The van der Waals surface area contributed by atoms with Crippen molar-refractivity contribution in [2.45, 2.75) is 65.8 Å². The standard InChI is InChI=1S/C22H26ClF3N4O6/c1-8-34-17(31)12-11-28-30(15(12)22(24,25)26)13-9-10-27-16(14(13)23)29(18(32)35-20(2,3)4)19(33)36-21(5,6)7/h9-11H,8H2,1-7H3. The first-order chi connectivity index (χ1) is 16.4. The van der Waals surface area contributed by atoms with Crippen LogP contribution in [0.4, 0.5) is 28.6 Å². The quantitative estimate of drug-likeness (QED) is 0.357. The second kappa shape index (κ2) is 10.3. The summed E-state index contributed by atoms with van der Waals surface area (Å²) in [6.07, 6.45) is -5.83. The van der Waals surface area contributed by atoms with E-state index in [1.165, 1.54) is 6.92 Å². The van der Waals surface area contributed by atoms with Gasteiger partial charge in [-0.3, -0.25) is 0 Å². The summed E-state index contributed by atoms with van der Waals surface area (Å²) < 4.78 is 57.4. The van der Waals surface area contributed by atoms with E-state index < -0.39 is 63.3 Å². The number of esters is 1. The Morgan fingerprint density at radius 1 is 1.03 bits per heavy atom. The summed E-state index contributed by atoms with van der Waals surface area (Å²) >= 11 is 6.38. The van der Waals surface area contributed by atoms with Crippen LogP contribution in [-0.4, -0.2) is 50.7 Å². The molecule has 36 heavy (non-hydrogen) atoms. The summed E-state index contributed by atoms with van der Waals surface area (Å²) in [6, 6.07) is 1.06. The molecule has 0 aliphatic carbocycles. The molecule has 0 unspecified atom stereocenters. The molecule has 0 bridgehead atoms. The van der Waals surface area contributed by atoms with Crippen molar-refractivity contribution >= 4 is 35.6 Å². The van der Waals surface area contributed by atoms with E-state index in [0.29, 0.717) is 15.8 Å². The Bertz CT molecular complexity index is 1120. The van der Waals surface area contributed by atoms with Gasteiger partial charge in [-0.15, -0.1) is 0 Å². The van der Waals surface area contributed by atoms with Gasteiger partial charge in [0.05, 0.1) is 18.5 Å². The molecule has 0 saturated carbocycles. The van der Waals surface area contributed by atoms with Crippen LogP contribution in [0.2, 0.25) is 5.02 Å². The number of amides is 2. The number of pyridine rings is 1. The molecule has 0 atom stereocenters. The van der Waals surface area contributed by atoms with Gasteiger partial charge < -0.3 is 14.2 Å². The highest BCUT2D eigenvalue weighted by atomic mass is 35.5. The molecule has 0 saturated heterocycles. The maximum Gasteiger partial charge on any atom is 0.434 e. The van der Waals surface area contributed by atoms with E-state index in [1.54, 1.807) is 41.5 Å². The number of imide groups is 1. The van der Waals surface area contributed by atoms with E-state index in [4.69, 9.17) is 25.8 Å². The van der Waals surface area contributed by atoms with E-state index in [-0.39, 0.29) is 6.61 Å². The Morgan fingerprint density at radius 2 is 1.56 bits per heavy atom. The van der Waals surface area contributed by atoms with Gasteiger partial charge >= 0.3 is 24.3 Å². The lowest BCUT2D eigenvalue weighted by Gasteiger charge is -2.28. The summed E-state index contributed by atoms with van der Waals surface area (Å²) in [5.74, 6) is -1.82. The molecule has 0 aliphatic rings. The number of halogens is 4. The fourth-order valence-electron chi connectivity index (χ4n) is 2.77. The number of anilines is 1. The van der Waals surface area contributed by atoms with E-state index >= 15 is 0 Å². The number of carbonyl (C=O) groups is 3. The molecule has 2 aromatic heterocycles. The molecule has 0 aromatic carbocycles. The second-order valence-corrected chi connectivity index (χ2v) is 9.68. The number of hydrogen-bond donors (Lipinski definition) is 0. The summed E-state index contributed by atoms with van der Waals surface area (Å²) in [7, 11) is 0. The molecular weight excluding hydrogens is 509 g/mol. The molecular formula is C22H26ClF3N4O6. The number of aromatic nitrogens is 3. The Morgan fingerprint density at radius 3 is 2.00 bits per heavy atom. The van der Waals surface area contributed by atoms with Crippen LogP contribution in [0, 0.1) is 0 Å². The lowest BCUT2D eigenvalue weighted by Crippen LogP contribution is -2.44. The molecule has 2 aromatic rings. The van der Waals surface area contributed by atoms with Crippen molar-refractivity contribution < 1.29 is 41.8 Å². The fourth-order valence-corrected chi connectivity index (χ4v) is 3.04. The van der Waals surface area contributed by atoms with Crippen molar-refractivity contribution in [1.29, 1.82) is 0 Å². The zero-order chi connectivity index (χ0) is 27.6. The van der Waals surface area contributed by atoms with Crippen molar-refractivity contribution in [2.75, 3.05) is 11.5 Å². The summed E-state index contributed by atoms with van der Waals surface area (Å²) in [5, 5.41) is 3.09. The molecule has 10 nitrogen and oxygen atoms in total. The Kier molecular flexibility index (Phi) is 8.29. The zero-order valence-corrected chi connectivity index (χ0v) is 21.4. The monoisotopic (exact) mass is 534 g/mol. The van der Waals surface area contributed by atoms with Gasteiger partial charge in [0.15, 0.2) is 11.5 Å². The predicted octanol–water partition coefficient (Wildman–Crippen LogP) is 5.79. The third kappa shape index (κ3) is 6.86. The molecule has 0 aliphatic heterocycles. The number of hydrogen-bond acceptors (Lipinski definition) is 8. The van der Waals surface area contributed by atoms with Gasteiger partial charge in [0.2, 0.25) is 0 Å². The van der Waals surface area contributed by atoms with Gasteiger partial charge in [-0.2, -0.15) is 23.2 Å². The number of rotatable bonds is 4. The van der Waals surface area contributed by atoms with E-state index in [0.717, 1.165) is 12.3 Å².